The summed E-state index contributed by atoms with van der Waals surface area (Å²) in [6, 6.07) is 10.8. The van der Waals surface area contributed by atoms with Gasteiger partial charge in [0.15, 0.2) is 0 Å². The number of rotatable bonds is 3. The van der Waals surface area contributed by atoms with E-state index in [2.05, 4.69) is 52.2 Å². The largest absolute Gasteiger partial charge is 0.342 e. The van der Waals surface area contributed by atoms with Crippen molar-refractivity contribution in [2.75, 3.05) is 26.7 Å². The average molecular weight is 350 g/mol. The number of amides is 1. The second-order valence-corrected chi connectivity index (χ2v) is 7.67. The van der Waals surface area contributed by atoms with Crippen molar-refractivity contribution < 1.29 is 4.79 Å². The molecular formula is C21H26N4O. The lowest BCUT2D eigenvalue weighted by Crippen LogP contribution is -2.52. The highest BCUT2D eigenvalue weighted by Crippen LogP contribution is 2.43. The first-order valence-electron chi connectivity index (χ1n) is 9.45. The van der Waals surface area contributed by atoms with Crippen molar-refractivity contribution in [3.05, 3.63) is 60.2 Å². The maximum absolute atomic E-state index is 12.6. The molecule has 2 saturated heterocycles. The maximum atomic E-state index is 12.6. The lowest BCUT2D eigenvalue weighted by molar-refractivity contribution is -0.132. The summed E-state index contributed by atoms with van der Waals surface area (Å²) in [6.45, 7) is 2.79. The molecule has 1 aromatic carbocycles. The number of carbonyl (C=O) groups excluding carboxylic acids is 1. The molecule has 0 bridgehead atoms. The summed E-state index contributed by atoms with van der Waals surface area (Å²) in [5.41, 5.74) is 2.43. The maximum Gasteiger partial charge on any atom is 0.228 e. The summed E-state index contributed by atoms with van der Waals surface area (Å²) in [5, 5.41) is 0. The normalized spacial score (nSPS) is 22.7. The van der Waals surface area contributed by atoms with Gasteiger partial charge in [0.05, 0.1) is 12.1 Å². The van der Waals surface area contributed by atoms with Crippen LogP contribution >= 0.6 is 0 Å². The fourth-order valence-corrected chi connectivity index (χ4v) is 4.60. The van der Waals surface area contributed by atoms with Crippen LogP contribution < -0.4 is 0 Å². The molecule has 1 spiro atoms. The zero-order valence-corrected chi connectivity index (χ0v) is 15.3. The van der Waals surface area contributed by atoms with E-state index in [4.69, 9.17) is 0 Å². The number of hydrogen-bond donors (Lipinski definition) is 0. The molecule has 1 unspecified atom stereocenters. The Labute approximate surface area is 155 Å². The van der Waals surface area contributed by atoms with Crippen molar-refractivity contribution in [1.29, 1.82) is 0 Å². The van der Waals surface area contributed by atoms with Crippen LogP contribution in [-0.4, -0.2) is 57.9 Å². The van der Waals surface area contributed by atoms with Gasteiger partial charge in [-0.15, -0.1) is 0 Å². The highest BCUT2D eigenvalue weighted by Gasteiger charge is 2.46. The van der Waals surface area contributed by atoms with Gasteiger partial charge < -0.3 is 4.90 Å². The second kappa shape index (κ2) is 7.16. The summed E-state index contributed by atoms with van der Waals surface area (Å²) in [7, 11) is 2.25. The van der Waals surface area contributed by atoms with Gasteiger partial charge in [-0.2, -0.15) is 0 Å². The van der Waals surface area contributed by atoms with Crippen molar-refractivity contribution in [2.24, 2.45) is 0 Å². The number of likely N-dealkylation sites (N-methyl/N-ethyl adjacent to an activating group) is 1. The molecule has 2 aliphatic heterocycles. The molecule has 0 aliphatic carbocycles. The SMILES string of the molecule is CN1CC(c2ccccc2)CC12CCN(C(=O)Cc1cnccn1)CC2. The van der Waals surface area contributed by atoms with E-state index in [1.54, 1.807) is 18.6 Å². The Bertz CT molecular complexity index is 741. The van der Waals surface area contributed by atoms with Crippen molar-refractivity contribution in [3.8, 4) is 0 Å². The summed E-state index contributed by atoms with van der Waals surface area (Å²) >= 11 is 0. The molecule has 2 aromatic rings. The third-order valence-corrected chi connectivity index (χ3v) is 6.20. The van der Waals surface area contributed by atoms with E-state index < -0.39 is 0 Å². The number of aromatic nitrogens is 2. The zero-order chi connectivity index (χ0) is 18.0. The van der Waals surface area contributed by atoms with Crippen molar-refractivity contribution in [1.82, 2.24) is 19.8 Å². The second-order valence-electron chi connectivity index (χ2n) is 7.67. The van der Waals surface area contributed by atoms with E-state index in [0.717, 1.165) is 38.2 Å². The molecule has 5 nitrogen and oxygen atoms in total. The predicted molar refractivity (Wildman–Crippen MR) is 101 cm³/mol. The van der Waals surface area contributed by atoms with Gasteiger partial charge in [-0.25, -0.2) is 0 Å². The fraction of sp³-hybridized carbons (Fsp3) is 0.476. The van der Waals surface area contributed by atoms with Crippen LogP contribution in [0.1, 0.15) is 36.4 Å². The predicted octanol–water partition coefficient (Wildman–Crippen LogP) is 2.50. The molecule has 2 fully saturated rings. The van der Waals surface area contributed by atoms with Gasteiger partial charge in [0, 0.05) is 43.8 Å². The smallest absolute Gasteiger partial charge is 0.228 e. The highest BCUT2D eigenvalue weighted by molar-refractivity contribution is 5.78. The summed E-state index contributed by atoms with van der Waals surface area (Å²) < 4.78 is 0. The molecule has 26 heavy (non-hydrogen) atoms. The Hall–Kier alpha value is -2.27. The van der Waals surface area contributed by atoms with Gasteiger partial charge in [-0.3, -0.25) is 19.7 Å². The van der Waals surface area contributed by atoms with Crippen molar-refractivity contribution in [2.45, 2.75) is 37.1 Å². The lowest BCUT2D eigenvalue weighted by atomic mass is 9.81. The highest BCUT2D eigenvalue weighted by atomic mass is 16.2. The number of benzene rings is 1. The third kappa shape index (κ3) is 3.36. The Balaban J connectivity index is 1.37. The Morgan fingerprint density at radius 3 is 2.65 bits per heavy atom. The Kier molecular flexibility index (Phi) is 4.72. The van der Waals surface area contributed by atoms with Gasteiger partial charge in [-0.05, 0) is 37.8 Å². The quantitative estimate of drug-likeness (QED) is 0.853. The van der Waals surface area contributed by atoms with Crippen molar-refractivity contribution in [3.63, 3.8) is 0 Å². The van der Waals surface area contributed by atoms with E-state index >= 15 is 0 Å². The molecule has 0 radical (unpaired) electrons. The van der Waals surface area contributed by atoms with E-state index in [1.807, 2.05) is 4.90 Å². The molecule has 3 heterocycles. The molecule has 2 aliphatic rings. The van der Waals surface area contributed by atoms with Gasteiger partial charge >= 0.3 is 0 Å². The van der Waals surface area contributed by atoms with Crippen molar-refractivity contribution >= 4 is 5.91 Å². The first kappa shape index (κ1) is 17.2. The minimum atomic E-state index is 0.167. The van der Waals surface area contributed by atoms with Gasteiger partial charge in [0.2, 0.25) is 5.91 Å². The molecule has 1 amide bonds. The summed E-state index contributed by atoms with van der Waals surface area (Å²) in [4.78, 5) is 25.4. The standard InChI is InChI=1S/C21H26N4O/c1-24-16-18(17-5-3-2-4-6-17)14-21(24)7-11-25(12-8-21)20(26)13-19-15-22-9-10-23-19/h2-6,9-10,15,18H,7-8,11-14,16H2,1H3. The van der Waals surface area contributed by atoms with E-state index in [9.17, 15) is 4.79 Å². The number of likely N-dealkylation sites (tertiary alicyclic amines) is 2. The summed E-state index contributed by atoms with van der Waals surface area (Å²) in [5.74, 6) is 0.767. The fourth-order valence-electron chi connectivity index (χ4n) is 4.60. The van der Waals surface area contributed by atoms with Crippen LogP contribution in [0.5, 0.6) is 0 Å². The number of nitrogens with zero attached hydrogens (tertiary/aromatic N) is 4. The number of piperidine rings is 1. The van der Waals surface area contributed by atoms with Crippen LogP contribution in [0.2, 0.25) is 0 Å². The monoisotopic (exact) mass is 350 g/mol. The molecule has 0 saturated carbocycles. The van der Waals surface area contributed by atoms with Crippen LogP contribution in [0.3, 0.4) is 0 Å². The van der Waals surface area contributed by atoms with Crippen LogP contribution in [0, 0.1) is 0 Å². The van der Waals surface area contributed by atoms with Gasteiger partial charge in [0.25, 0.3) is 0 Å². The van der Waals surface area contributed by atoms with E-state index in [-0.39, 0.29) is 11.4 Å². The minimum Gasteiger partial charge on any atom is -0.342 e. The molecule has 0 N–H and O–H groups in total. The molecule has 1 atom stereocenters. The topological polar surface area (TPSA) is 49.3 Å². The molecular weight excluding hydrogens is 324 g/mol. The number of hydrogen-bond acceptors (Lipinski definition) is 4. The van der Waals surface area contributed by atoms with Gasteiger partial charge in [0.1, 0.15) is 0 Å². The number of carbonyl (C=O) groups is 1. The molecule has 5 heteroatoms. The average Bonchev–Trinajstić information content (AvgIpc) is 3.00. The Morgan fingerprint density at radius 1 is 1.19 bits per heavy atom. The van der Waals surface area contributed by atoms with Crippen LogP contribution in [0.4, 0.5) is 0 Å². The van der Waals surface area contributed by atoms with Crippen LogP contribution in [0.15, 0.2) is 48.9 Å². The minimum absolute atomic E-state index is 0.167. The lowest BCUT2D eigenvalue weighted by Gasteiger charge is -2.43. The summed E-state index contributed by atoms with van der Waals surface area (Å²) in [6.07, 6.45) is 8.61. The Morgan fingerprint density at radius 2 is 1.96 bits per heavy atom. The van der Waals surface area contributed by atoms with E-state index in [1.165, 1.54) is 12.0 Å². The van der Waals surface area contributed by atoms with Crippen LogP contribution in [-0.2, 0) is 11.2 Å². The van der Waals surface area contributed by atoms with Crippen LogP contribution in [0.25, 0.3) is 0 Å². The van der Waals surface area contributed by atoms with E-state index in [0.29, 0.717) is 12.3 Å². The molecule has 4 rings (SSSR count). The van der Waals surface area contributed by atoms with Gasteiger partial charge in [-0.1, -0.05) is 30.3 Å². The zero-order valence-electron chi connectivity index (χ0n) is 15.3. The third-order valence-electron chi connectivity index (χ3n) is 6.20. The molecule has 1 aromatic heterocycles. The first-order valence-corrected chi connectivity index (χ1v) is 9.45. The first-order chi connectivity index (χ1) is 12.7. The molecule has 136 valence electrons.